The van der Waals surface area contributed by atoms with Gasteiger partial charge >= 0.3 is 5.97 Å². The van der Waals surface area contributed by atoms with E-state index in [-0.39, 0.29) is 30.2 Å². The van der Waals surface area contributed by atoms with E-state index in [4.69, 9.17) is 4.74 Å². The third-order valence-corrected chi connectivity index (χ3v) is 5.83. The number of hydrogen-bond donors (Lipinski definition) is 0. The van der Waals surface area contributed by atoms with E-state index in [1.807, 2.05) is 38.1 Å². The third-order valence-electron chi connectivity index (χ3n) is 5.83. The fraction of sp³-hybridized carbons (Fsp3) is 0.500. The molecule has 1 fully saturated rings. The Morgan fingerprint density at radius 3 is 2.56 bits per heavy atom. The van der Waals surface area contributed by atoms with Gasteiger partial charge in [0.15, 0.2) is 0 Å². The van der Waals surface area contributed by atoms with Crippen LogP contribution in [0.5, 0.6) is 0 Å². The summed E-state index contributed by atoms with van der Waals surface area (Å²) in [5.41, 5.74) is 3.34. The first kappa shape index (κ1) is 23.5. The van der Waals surface area contributed by atoms with Gasteiger partial charge in [-0.1, -0.05) is 24.6 Å². The fourth-order valence-electron chi connectivity index (χ4n) is 4.04. The topological polar surface area (TPSA) is 84.7 Å². The molecule has 32 heavy (non-hydrogen) atoms. The number of ether oxygens (including phenoxy) is 1. The highest BCUT2D eigenvalue weighted by atomic mass is 16.5. The molecule has 1 aromatic heterocycles. The quantitative estimate of drug-likeness (QED) is 0.618. The summed E-state index contributed by atoms with van der Waals surface area (Å²) < 4.78 is 6.88. The largest absolute Gasteiger partial charge is 0.466 e. The van der Waals surface area contributed by atoms with Crippen molar-refractivity contribution in [1.29, 1.82) is 0 Å². The maximum atomic E-state index is 13.1. The molecule has 8 nitrogen and oxygen atoms in total. The number of likely N-dealkylation sites (tertiary alicyclic amines) is 1. The van der Waals surface area contributed by atoms with Gasteiger partial charge in [0.05, 0.1) is 42.2 Å². The molecule has 1 aromatic carbocycles. The molecule has 1 aliphatic rings. The van der Waals surface area contributed by atoms with Crippen LogP contribution in [0.1, 0.15) is 48.3 Å². The van der Waals surface area contributed by atoms with Crippen LogP contribution in [0.25, 0.3) is 5.69 Å². The van der Waals surface area contributed by atoms with Crippen molar-refractivity contribution in [2.24, 2.45) is 5.92 Å². The van der Waals surface area contributed by atoms with E-state index in [0.717, 1.165) is 29.8 Å². The normalized spacial score (nSPS) is 16.0. The van der Waals surface area contributed by atoms with Crippen LogP contribution in [-0.2, 0) is 20.7 Å². The van der Waals surface area contributed by atoms with Gasteiger partial charge in [-0.2, -0.15) is 5.10 Å². The Morgan fingerprint density at radius 1 is 1.19 bits per heavy atom. The molecule has 0 radical (unpaired) electrons. The van der Waals surface area contributed by atoms with E-state index >= 15 is 0 Å². The highest BCUT2D eigenvalue weighted by molar-refractivity contribution is 5.97. The molecular weight excluding hydrogens is 408 g/mol. The van der Waals surface area contributed by atoms with Crippen molar-refractivity contribution in [2.45, 2.75) is 40.0 Å². The maximum absolute atomic E-state index is 13.1. The predicted molar refractivity (Wildman–Crippen MR) is 121 cm³/mol. The molecule has 2 amide bonds. The van der Waals surface area contributed by atoms with Crippen molar-refractivity contribution < 1.29 is 19.1 Å². The zero-order valence-electron chi connectivity index (χ0n) is 19.3. The van der Waals surface area contributed by atoms with Crippen LogP contribution < -0.4 is 0 Å². The SMILES string of the molecule is CCOC(=O)C1CCCN(C(=O)CN(C)C(=O)c2cnn(-c3ccc(C)cc3)c2CC)C1. The smallest absolute Gasteiger partial charge is 0.310 e. The molecule has 172 valence electrons. The van der Waals surface area contributed by atoms with Gasteiger partial charge in [-0.3, -0.25) is 14.4 Å². The minimum Gasteiger partial charge on any atom is -0.466 e. The maximum Gasteiger partial charge on any atom is 0.310 e. The number of benzene rings is 1. The average Bonchev–Trinajstić information content (AvgIpc) is 3.23. The van der Waals surface area contributed by atoms with Crippen molar-refractivity contribution in [3.8, 4) is 5.69 Å². The van der Waals surface area contributed by atoms with E-state index in [2.05, 4.69) is 5.10 Å². The van der Waals surface area contributed by atoms with Crippen LogP contribution in [0.15, 0.2) is 30.5 Å². The molecule has 0 N–H and O–H groups in total. The second-order valence-corrected chi connectivity index (χ2v) is 8.20. The summed E-state index contributed by atoms with van der Waals surface area (Å²) in [6, 6.07) is 7.95. The Morgan fingerprint density at radius 2 is 1.91 bits per heavy atom. The molecule has 0 spiro atoms. The van der Waals surface area contributed by atoms with E-state index in [1.54, 1.807) is 29.7 Å². The van der Waals surface area contributed by atoms with Crippen molar-refractivity contribution >= 4 is 17.8 Å². The highest BCUT2D eigenvalue weighted by Gasteiger charge is 2.30. The van der Waals surface area contributed by atoms with Crippen molar-refractivity contribution in [1.82, 2.24) is 19.6 Å². The number of piperidine rings is 1. The molecule has 1 aliphatic heterocycles. The number of likely N-dealkylation sites (N-methyl/N-ethyl adjacent to an activating group) is 1. The van der Waals surface area contributed by atoms with Crippen LogP contribution in [0.3, 0.4) is 0 Å². The van der Waals surface area contributed by atoms with Gasteiger partial charge in [-0.25, -0.2) is 4.68 Å². The Labute approximate surface area is 189 Å². The summed E-state index contributed by atoms with van der Waals surface area (Å²) in [4.78, 5) is 41.1. The summed E-state index contributed by atoms with van der Waals surface area (Å²) in [5.74, 6) is -0.968. The third kappa shape index (κ3) is 5.18. The summed E-state index contributed by atoms with van der Waals surface area (Å²) in [5, 5.41) is 4.43. The number of carbonyl (C=O) groups excluding carboxylic acids is 3. The second-order valence-electron chi connectivity index (χ2n) is 8.20. The monoisotopic (exact) mass is 440 g/mol. The highest BCUT2D eigenvalue weighted by Crippen LogP contribution is 2.20. The van der Waals surface area contributed by atoms with Crippen LogP contribution >= 0.6 is 0 Å². The molecule has 1 saturated heterocycles. The number of aromatic nitrogens is 2. The van der Waals surface area contributed by atoms with Gasteiger partial charge in [0.1, 0.15) is 0 Å². The van der Waals surface area contributed by atoms with E-state index in [1.165, 1.54) is 4.90 Å². The molecule has 1 unspecified atom stereocenters. The number of aryl methyl sites for hydroxylation is 1. The molecule has 0 bridgehead atoms. The standard InChI is InChI=1S/C24H32N4O4/c1-5-21-20(14-25-28(21)19-11-9-17(3)10-12-19)23(30)26(4)16-22(29)27-13-7-8-18(15-27)24(31)32-6-2/h9-12,14,18H,5-8,13,15-16H2,1-4H3. The van der Waals surface area contributed by atoms with E-state index in [9.17, 15) is 14.4 Å². The fourth-order valence-corrected chi connectivity index (χ4v) is 4.04. The Kier molecular flexibility index (Phi) is 7.66. The van der Waals surface area contributed by atoms with Crippen molar-refractivity contribution in [2.75, 3.05) is 33.3 Å². The molecule has 2 heterocycles. The van der Waals surface area contributed by atoms with Crippen molar-refractivity contribution in [3.63, 3.8) is 0 Å². The second kappa shape index (κ2) is 10.4. The summed E-state index contributed by atoms with van der Waals surface area (Å²) >= 11 is 0. The molecular formula is C24H32N4O4. The molecule has 0 saturated carbocycles. The average molecular weight is 441 g/mol. The molecule has 8 heteroatoms. The van der Waals surface area contributed by atoms with E-state index in [0.29, 0.717) is 31.7 Å². The van der Waals surface area contributed by atoms with Gasteiger partial charge < -0.3 is 14.5 Å². The Hall–Kier alpha value is -3.16. The summed E-state index contributed by atoms with van der Waals surface area (Å²) in [6.45, 7) is 6.98. The summed E-state index contributed by atoms with van der Waals surface area (Å²) in [6.07, 6.45) is 3.66. The molecule has 3 rings (SSSR count). The number of amides is 2. The zero-order valence-corrected chi connectivity index (χ0v) is 19.3. The number of nitrogens with zero attached hydrogens (tertiary/aromatic N) is 4. The van der Waals surface area contributed by atoms with Crippen molar-refractivity contribution in [3.05, 3.63) is 47.3 Å². The van der Waals surface area contributed by atoms with Gasteiger partial charge in [0, 0.05) is 20.1 Å². The first-order valence-corrected chi connectivity index (χ1v) is 11.2. The number of carbonyl (C=O) groups is 3. The lowest BCUT2D eigenvalue weighted by Gasteiger charge is -2.32. The number of rotatable bonds is 7. The lowest BCUT2D eigenvalue weighted by atomic mass is 9.98. The molecule has 2 aromatic rings. The molecule has 0 aliphatic carbocycles. The van der Waals surface area contributed by atoms with Gasteiger partial charge in [-0.05, 0) is 45.2 Å². The molecule has 1 atom stereocenters. The van der Waals surface area contributed by atoms with Gasteiger partial charge in [0.2, 0.25) is 5.91 Å². The van der Waals surface area contributed by atoms with Crippen LogP contribution in [0.4, 0.5) is 0 Å². The Balaban J connectivity index is 1.68. The van der Waals surface area contributed by atoms with Gasteiger partial charge in [-0.15, -0.1) is 0 Å². The number of hydrogen-bond acceptors (Lipinski definition) is 5. The predicted octanol–water partition coefficient (Wildman–Crippen LogP) is 2.62. The minimum absolute atomic E-state index is 0.0484. The first-order chi connectivity index (χ1) is 15.3. The zero-order chi connectivity index (χ0) is 23.3. The number of esters is 1. The first-order valence-electron chi connectivity index (χ1n) is 11.2. The van der Waals surface area contributed by atoms with Gasteiger partial charge in [0.25, 0.3) is 5.91 Å². The minimum atomic E-state index is -0.298. The van der Waals surface area contributed by atoms with Crippen LogP contribution in [0.2, 0.25) is 0 Å². The Bertz CT molecular complexity index is 967. The summed E-state index contributed by atoms with van der Waals surface area (Å²) in [7, 11) is 1.62. The van der Waals surface area contributed by atoms with Crippen LogP contribution in [0, 0.1) is 12.8 Å². The lowest BCUT2D eigenvalue weighted by molar-refractivity contribution is -0.151. The van der Waals surface area contributed by atoms with Crippen LogP contribution in [-0.4, -0.2) is 70.7 Å². The van der Waals surface area contributed by atoms with E-state index < -0.39 is 0 Å². The lowest BCUT2D eigenvalue weighted by Crippen LogP contribution is -2.47.